The van der Waals surface area contributed by atoms with Gasteiger partial charge in [0.15, 0.2) is 5.96 Å². The molecule has 2 N–H and O–H groups in total. The molecule has 0 saturated carbocycles. The van der Waals surface area contributed by atoms with Gasteiger partial charge < -0.3 is 20.1 Å². The Hall–Kier alpha value is -2.64. The SMILES string of the molecule is CCNC(=NCc1ccnc(N(C)C)c1)NCCn1cnnc1CC. The summed E-state index contributed by atoms with van der Waals surface area (Å²) in [6.07, 6.45) is 4.47. The Bertz CT molecular complexity index is 677. The first-order valence-electron chi connectivity index (χ1n) is 8.65. The maximum atomic E-state index is 4.65. The van der Waals surface area contributed by atoms with Crippen LogP contribution in [-0.4, -0.2) is 52.9 Å². The van der Waals surface area contributed by atoms with Gasteiger partial charge in [-0.2, -0.15) is 0 Å². The third-order valence-electron chi connectivity index (χ3n) is 3.69. The molecular weight excluding hydrogens is 316 g/mol. The van der Waals surface area contributed by atoms with Crippen LogP contribution in [0.4, 0.5) is 5.82 Å². The summed E-state index contributed by atoms with van der Waals surface area (Å²) in [6, 6.07) is 4.04. The molecule has 8 heteroatoms. The number of anilines is 1. The number of aromatic nitrogens is 4. The molecule has 0 unspecified atom stereocenters. The van der Waals surface area contributed by atoms with Gasteiger partial charge in [-0.05, 0) is 24.6 Å². The summed E-state index contributed by atoms with van der Waals surface area (Å²) in [6.45, 7) is 7.12. The molecule has 2 rings (SSSR count). The second-order valence-electron chi connectivity index (χ2n) is 5.83. The predicted octanol–water partition coefficient (Wildman–Crippen LogP) is 1.06. The minimum atomic E-state index is 0.603. The second-order valence-corrected chi connectivity index (χ2v) is 5.83. The van der Waals surface area contributed by atoms with E-state index in [1.165, 1.54) is 0 Å². The topological polar surface area (TPSA) is 83.3 Å². The van der Waals surface area contributed by atoms with E-state index < -0.39 is 0 Å². The zero-order chi connectivity index (χ0) is 18.1. The van der Waals surface area contributed by atoms with E-state index in [4.69, 9.17) is 0 Å². The van der Waals surface area contributed by atoms with Crippen LogP contribution in [0.5, 0.6) is 0 Å². The molecule has 8 nitrogen and oxygen atoms in total. The van der Waals surface area contributed by atoms with Crippen LogP contribution in [0.1, 0.15) is 25.2 Å². The van der Waals surface area contributed by atoms with E-state index in [-0.39, 0.29) is 0 Å². The lowest BCUT2D eigenvalue weighted by Gasteiger charge is -2.13. The van der Waals surface area contributed by atoms with Gasteiger partial charge >= 0.3 is 0 Å². The standard InChI is InChI=1S/C17H28N8/c1-5-15-23-22-13-25(15)10-9-20-17(18-6-2)21-12-14-7-8-19-16(11-14)24(3)4/h7-8,11,13H,5-6,9-10,12H2,1-4H3,(H2,18,20,21). The number of hydrogen-bond acceptors (Lipinski definition) is 5. The monoisotopic (exact) mass is 344 g/mol. The number of rotatable bonds is 8. The van der Waals surface area contributed by atoms with Crippen molar-refractivity contribution >= 4 is 11.8 Å². The van der Waals surface area contributed by atoms with Gasteiger partial charge in [0.1, 0.15) is 18.0 Å². The highest BCUT2D eigenvalue weighted by atomic mass is 15.3. The lowest BCUT2D eigenvalue weighted by atomic mass is 10.2. The van der Waals surface area contributed by atoms with Crippen molar-refractivity contribution in [2.75, 3.05) is 32.1 Å². The van der Waals surface area contributed by atoms with Gasteiger partial charge in [-0.15, -0.1) is 10.2 Å². The predicted molar refractivity (Wildman–Crippen MR) is 101 cm³/mol. The van der Waals surface area contributed by atoms with Gasteiger partial charge in [0.2, 0.25) is 0 Å². The summed E-state index contributed by atoms with van der Waals surface area (Å²) in [7, 11) is 3.97. The Balaban J connectivity index is 1.92. The maximum absolute atomic E-state index is 4.65. The van der Waals surface area contributed by atoms with E-state index in [1.807, 2.05) is 31.3 Å². The number of nitrogens with one attached hydrogen (secondary N) is 2. The molecule has 0 fully saturated rings. The molecule has 25 heavy (non-hydrogen) atoms. The zero-order valence-corrected chi connectivity index (χ0v) is 15.5. The normalized spacial score (nSPS) is 11.4. The van der Waals surface area contributed by atoms with Crippen molar-refractivity contribution in [2.45, 2.75) is 33.4 Å². The lowest BCUT2D eigenvalue weighted by Crippen LogP contribution is -2.38. The Kier molecular flexibility index (Phi) is 7.18. The lowest BCUT2D eigenvalue weighted by molar-refractivity contribution is 0.632. The van der Waals surface area contributed by atoms with E-state index >= 15 is 0 Å². The van der Waals surface area contributed by atoms with Gasteiger partial charge in [-0.1, -0.05) is 6.92 Å². The van der Waals surface area contributed by atoms with E-state index in [0.717, 1.165) is 49.2 Å². The molecule has 0 spiro atoms. The molecule has 0 atom stereocenters. The molecule has 0 amide bonds. The number of aryl methyl sites for hydroxylation is 1. The number of nitrogens with zero attached hydrogens (tertiary/aromatic N) is 6. The molecule has 0 aromatic carbocycles. The average molecular weight is 344 g/mol. The molecule has 2 heterocycles. The first-order chi connectivity index (χ1) is 12.1. The minimum absolute atomic E-state index is 0.603. The molecule has 0 radical (unpaired) electrons. The van der Waals surface area contributed by atoms with Crippen molar-refractivity contribution < 1.29 is 0 Å². The van der Waals surface area contributed by atoms with Crippen molar-refractivity contribution in [3.8, 4) is 0 Å². The van der Waals surface area contributed by atoms with Gasteiger partial charge in [-0.25, -0.2) is 9.98 Å². The maximum Gasteiger partial charge on any atom is 0.191 e. The summed E-state index contributed by atoms with van der Waals surface area (Å²) < 4.78 is 2.06. The van der Waals surface area contributed by atoms with Gasteiger partial charge in [0, 0.05) is 46.3 Å². The van der Waals surface area contributed by atoms with E-state index in [2.05, 4.69) is 55.3 Å². The van der Waals surface area contributed by atoms with Crippen molar-refractivity contribution in [3.05, 3.63) is 36.0 Å². The number of aliphatic imine (C=N–C) groups is 1. The molecule has 136 valence electrons. The van der Waals surface area contributed by atoms with Crippen LogP contribution < -0.4 is 15.5 Å². The van der Waals surface area contributed by atoms with Crippen LogP contribution in [0, 0.1) is 0 Å². The van der Waals surface area contributed by atoms with E-state index in [9.17, 15) is 0 Å². The molecule has 2 aromatic rings. The molecule has 0 aliphatic heterocycles. The Morgan fingerprint density at radius 3 is 2.84 bits per heavy atom. The molecule has 0 aliphatic rings. The van der Waals surface area contributed by atoms with Crippen LogP contribution in [0.2, 0.25) is 0 Å². The van der Waals surface area contributed by atoms with Crippen molar-refractivity contribution in [1.29, 1.82) is 0 Å². The first-order valence-corrected chi connectivity index (χ1v) is 8.65. The Morgan fingerprint density at radius 1 is 1.28 bits per heavy atom. The number of pyridine rings is 1. The summed E-state index contributed by atoms with van der Waals surface area (Å²) in [4.78, 5) is 11.0. The average Bonchev–Trinajstić information content (AvgIpc) is 3.07. The van der Waals surface area contributed by atoms with Crippen LogP contribution in [0.25, 0.3) is 0 Å². The van der Waals surface area contributed by atoms with Gasteiger partial charge in [-0.3, -0.25) is 0 Å². The fourth-order valence-corrected chi connectivity index (χ4v) is 2.35. The highest BCUT2D eigenvalue weighted by Gasteiger charge is 2.03. The van der Waals surface area contributed by atoms with Crippen LogP contribution >= 0.6 is 0 Å². The molecule has 0 aliphatic carbocycles. The van der Waals surface area contributed by atoms with E-state index in [1.54, 1.807) is 6.33 Å². The highest BCUT2D eigenvalue weighted by molar-refractivity contribution is 5.79. The molecular formula is C17H28N8. The first kappa shape index (κ1) is 18.7. The third kappa shape index (κ3) is 5.74. The highest BCUT2D eigenvalue weighted by Crippen LogP contribution is 2.10. The van der Waals surface area contributed by atoms with Gasteiger partial charge in [0.25, 0.3) is 0 Å². The Morgan fingerprint density at radius 2 is 2.12 bits per heavy atom. The largest absolute Gasteiger partial charge is 0.363 e. The molecule has 2 aromatic heterocycles. The zero-order valence-electron chi connectivity index (χ0n) is 15.5. The van der Waals surface area contributed by atoms with Crippen molar-refractivity contribution in [1.82, 2.24) is 30.4 Å². The number of hydrogen-bond donors (Lipinski definition) is 2. The summed E-state index contributed by atoms with van der Waals surface area (Å²) >= 11 is 0. The fraction of sp³-hybridized carbons (Fsp3) is 0.529. The quantitative estimate of drug-likeness (QED) is 0.550. The second kappa shape index (κ2) is 9.61. The van der Waals surface area contributed by atoms with Crippen LogP contribution in [-0.2, 0) is 19.5 Å². The van der Waals surface area contributed by atoms with Crippen LogP contribution in [0.15, 0.2) is 29.6 Å². The smallest absolute Gasteiger partial charge is 0.191 e. The fourth-order valence-electron chi connectivity index (χ4n) is 2.35. The molecule has 0 bridgehead atoms. The summed E-state index contributed by atoms with van der Waals surface area (Å²) in [5, 5.41) is 14.7. The van der Waals surface area contributed by atoms with Crippen LogP contribution in [0.3, 0.4) is 0 Å². The van der Waals surface area contributed by atoms with Gasteiger partial charge in [0.05, 0.1) is 6.54 Å². The summed E-state index contributed by atoms with van der Waals surface area (Å²) in [5.74, 6) is 2.74. The molecule has 0 saturated heterocycles. The Labute approximate surface area is 149 Å². The van der Waals surface area contributed by atoms with Crippen molar-refractivity contribution in [3.63, 3.8) is 0 Å². The minimum Gasteiger partial charge on any atom is -0.363 e. The summed E-state index contributed by atoms with van der Waals surface area (Å²) in [5.41, 5.74) is 1.13. The number of guanidine groups is 1. The van der Waals surface area contributed by atoms with E-state index in [0.29, 0.717) is 6.54 Å². The van der Waals surface area contributed by atoms with Crippen molar-refractivity contribution in [2.24, 2.45) is 4.99 Å². The third-order valence-corrected chi connectivity index (χ3v) is 3.69.